The van der Waals surface area contributed by atoms with Gasteiger partial charge in [-0.1, -0.05) is 24.3 Å². The molecule has 2 aromatic rings. The lowest BCUT2D eigenvalue weighted by Gasteiger charge is -2.32. The largest absolute Gasteiger partial charge is 0.464 e. The number of hydrogen-bond acceptors (Lipinski definition) is 4. The van der Waals surface area contributed by atoms with Gasteiger partial charge in [0.15, 0.2) is 0 Å². The number of likely N-dealkylation sites (tertiary alicyclic amines) is 1. The maximum Gasteiger partial charge on any atom is 0.220 e. The summed E-state index contributed by atoms with van der Waals surface area (Å²) in [5.41, 5.74) is 2.50. The summed E-state index contributed by atoms with van der Waals surface area (Å²) in [5, 5.41) is 3.04. The number of carbonyl (C=O) groups is 1. The van der Waals surface area contributed by atoms with Crippen molar-refractivity contribution in [3.63, 3.8) is 0 Å². The fourth-order valence-corrected chi connectivity index (χ4v) is 4.46. The van der Waals surface area contributed by atoms with Crippen LogP contribution < -0.4 is 5.32 Å². The lowest BCUT2D eigenvalue weighted by molar-refractivity contribution is -0.122. The third-order valence-corrected chi connectivity index (χ3v) is 6.24. The first-order valence-corrected chi connectivity index (χ1v) is 11.0. The average Bonchev–Trinajstić information content (AvgIpc) is 3.46. The second-order valence-electron chi connectivity index (χ2n) is 8.33. The van der Waals surface area contributed by atoms with Gasteiger partial charge in [0.25, 0.3) is 0 Å². The van der Waals surface area contributed by atoms with Crippen molar-refractivity contribution in [3.8, 4) is 11.3 Å². The standard InChI is InChI=1S/C24H32N2O3/c27-24(25-17-21-6-3-15-28-21)10-9-19-11-13-26(14-12-19)18-20-5-1-2-7-22(20)23-8-4-16-29-23/h1-2,4-5,7-8,16,19,21H,3,6,9-15,17-18H2,(H,25,27). The van der Waals surface area contributed by atoms with Crippen LogP contribution >= 0.6 is 0 Å². The smallest absolute Gasteiger partial charge is 0.220 e. The van der Waals surface area contributed by atoms with Gasteiger partial charge in [-0.05, 0) is 68.8 Å². The fraction of sp³-hybridized carbons (Fsp3) is 0.542. The van der Waals surface area contributed by atoms with E-state index in [4.69, 9.17) is 9.15 Å². The number of hydrogen-bond donors (Lipinski definition) is 1. The van der Waals surface area contributed by atoms with Crippen molar-refractivity contribution >= 4 is 5.91 Å². The molecule has 1 atom stereocenters. The Morgan fingerprint density at radius 3 is 2.72 bits per heavy atom. The first kappa shape index (κ1) is 20.2. The van der Waals surface area contributed by atoms with E-state index < -0.39 is 0 Å². The van der Waals surface area contributed by atoms with Gasteiger partial charge in [0.2, 0.25) is 5.91 Å². The van der Waals surface area contributed by atoms with Gasteiger partial charge >= 0.3 is 0 Å². The molecule has 2 aliphatic rings. The Kier molecular flexibility index (Phi) is 7.01. The predicted octanol–water partition coefficient (Wildman–Crippen LogP) is 4.23. The molecule has 3 heterocycles. The van der Waals surface area contributed by atoms with Crippen LogP contribution in [0.25, 0.3) is 11.3 Å². The van der Waals surface area contributed by atoms with E-state index in [0.717, 1.165) is 51.3 Å². The number of furan rings is 1. The highest BCUT2D eigenvalue weighted by Crippen LogP contribution is 2.28. The Labute approximate surface area is 173 Å². The van der Waals surface area contributed by atoms with Crippen LogP contribution in [-0.2, 0) is 16.1 Å². The molecule has 1 amide bonds. The number of piperidine rings is 1. The molecule has 2 saturated heterocycles. The van der Waals surface area contributed by atoms with Crippen LogP contribution in [0, 0.1) is 5.92 Å². The highest BCUT2D eigenvalue weighted by molar-refractivity contribution is 5.75. The summed E-state index contributed by atoms with van der Waals surface area (Å²) >= 11 is 0. The van der Waals surface area contributed by atoms with Crippen molar-refractivity contribution in [2.75, 3.05) is 26.2 Å². The molecule has 2 fully saturated rings. The van der Waals surface area contributed by atoms with Crippen LogP contribution in [0.15, 0.2) is 47.1 Å². The normalized spacial score (nSPS) is 20.8. The summed E-state index contributed by atoms with van der Waals surface area (Å²) in [7, 11) is 0. The molecule has 4 rings (SSSR count). The van der Waals surface area contributed by atoms with E-state index >= 15 is 0 Å². The molecule has 5 nitrogen and oxygen atoms in total. The van der Waals surface area contributed by atoms with Gasteiger partial charge in [-0.3, -0.25) is 9.69 Å². The number of nitrogens with zero attached hydrogens (tertiary/aromatic N) is 1. The van der Waals surface area contributed by atoms with Crippen molar-refractivity contribution in [1.82, 2.24) is 10.2 Å². The van der Waals surface area contributed by atoms with E-state index in [1.165, 1.54) is 24.0 Å². The summed E-state index contributed by atoms with van der Waals surface area (Å²) in [4.78, 5) is 14.6. The number of ether oxygens (including phenoxy) is 1. The molecule has 1 aromatic heterocycles. The lowest BCUT2D eigenvalue weighted by atomic mass is 9.91. The molecule has 0 bridgehead atoms. The van der Waals surface area contributed by atoms with Crippen LogP contribution in [0.2, 0.25) is 0 Å². The zero-order chi connectivity index (χ0) is 19.9. The van der Waals surface area contributed by atoms with E-state index in [9.17, 15) is 4.79 Å². The van der Waals surface area contributed by atoms with E-state index in [1.54, 1.807) is 6.26 Å². The molecular weight excluding hydrogens is 364 g/mol. The van der Waals surface area contributed by atoms with Crippen molar-refractivity contribution in [2.45, 2.75) is 51.2 Å². The molecule has 0 aliphatic carbocycles. The number of amides is 1. The number of carbonyl (C=O) groups excluding carboxylic acids is 1. The Morgan fingerprint density at radius 2 is 1.97 bits per heavy atom. The molecule has 2 aliphatic heterocycles. The van der Waals surface area contributed by atoms with Crippen LogP contribution in [0.1, 0.15) is 44.1 Å². The maximum absolute atomic E-state index is 12.1. The van der Waals surface area contributed by atoms with Crippen molar-refractivity contribution in [1.29, 1.82) is 0 Å². The lowest BCUT2D eigenvalue weighted by Crippen LogP contribution is -2.35. The van der Waals surface area contributed by atoms with Crippen molar-refractivity contribution in [2.24, 2.45) is 5.92 Å². The molecule has 0 spiro atoms. The summed E-state index contributed by atoms with van der Waals surface area (Å²) < 4.78 is 11.2. The second-order valence-corrected chi connectivity index (χ2v) is 8.33. The predicted molar refractivity (Wildman–Crippen MR) is 113 cm³/mol. The molecular formula is C24H32N2O3. The summed E-state index contributed by atoms with van der Waals surface area (Å²) in [6.07, 6.45) is 8.12. The molecule has 156 valence electrons. The minimum Gasteiger partial charge on any atom is -0.464 e. The Bertz CT molecular complexity index is 760. The number of rotatable bonds is 8. The van der Waals surface area contributed by atoms with Gasteiger partial charge in [0.1, 0.15) is 5.76 Å². The third-order valence-electron chi connectivity index (χ3n) is 6.24. The monoisotopic (exact) mass is 396 g/mol. The Hall–Kier alpha value is -2.11. The highest BCUT2D eigenvalue weighted by atomic mass is 16.5. The van der Waals surface area contributed by atoms with E-state index in [2.05, 4.69) is 34.5 Å². The number of benzene rings is 1. The molecule has 1 N–H and O–H groups in total. The SMILES string of the molecule is O=C(CCC1CCN(Cc2ccccc2-c2ccco2)CC1)NCC1CCCO1. The minimum atomic E-state index is 0.176. The summed E-state index contributed by atoms with van der Waals surface area (Å²) in [6.45, 7) is 4.65. The van der Waals surface area contributed by atoms with Gasteiger partial charge in [0, 0.05) is 31.7 Å². The fourth-order valence-electron chi connectivity index (χ4n) is 4.46. The maximum atomic E-state index is 12.1. The van der Waals surface area contributed by atoms with Crippen molar-refractivity contribution in [3.05, 3.63) is 48.2 Å². The van der Waals surface area contributed by atoms with E-state index in [1.807, 2.05) is 12.1 Å². The molecule has 1 aromatic carbocycles. The molecule has 5 heteroatoms. The molecule has 29 heavy (non-hydrogen) atoms. The minimum absolute atomic E-state index is 0.176. The van der Waals surface area contributed by atoms with E-state index in [0.29, 0.717) is 18.9 Å². The second kappa shape index (κ2) is 10.1. The topological polar surface area (TPSA) is 54.7 Å². The number of nitrogens with one attached hydrogen (secondary N) is 1. The van der Waals surface area contributed by atoms with Gasteiger partial charge in [-0.2, -0.15) is 0 Å². The van der Waals surface area contributed by atoms with Crippen LogP contribution in [0.5, 0.6) is 0 Å². The van der Waals surface area contributed by atoms with Crippen LogP contribution in [-0.4, -0.2) is 43.2 Å². The highest BCUT2D eigenvalue weighted by Gasteiger charge is 2.22. The van der Waals surface area contributed by atoms with Gasteiger partial charge in [-0.25, -0.2) is 0 Å². The van der Waals surface area contributed by atoms with Gasteiger partial charge in [-0.15, -0.1) is 0 Å². The first-order chi connectivity index (χ1) is 14.3. The summed E-state index contributed by atoms with van der Waals surface area (Å²) in [6, 6.07) is 12.5. The average molecular weight is 397 g/mol. The Balaban J connectivity index is 1.19. The zero-order valence-electron chi connectivity index (χ0n) is 17.1. The van der Waals surface area contributed by atoms with Crippen LogP contribution in [0.3, 0.4) is 0 Å². The first-order valence-electron chi connectivity index (χ1n) is 11.0. The molecule has 0 saturated carbocycles. The quantitative estimate of drug-likeness (QED) is 0.725. The molecule has 1 unspecified atom stereocenters. The van der Waals surface area contributed by atoms with E-state index in [-0.39, 0.29) is 12.0 Å². The summed E-state index contributed by atoms with van der Waals surface area (Å²) in [5.74, 6) is 1.76. The van der Waals surface area contributed by atoms with Gasteiger partial charge < -0.3 is 14.5 Å². The van der Waals surface area contributed by atoms with Crippen molar-refractivity contribution < 1.29 is 13.9 Å². The molecule has 0 radical (unpaired) electrons. The third kappa shape index (κ3) is 5.71. The van der Waals surface area contributed by atoms with Gasteiger partial charge in [0.05, 0.1) is 12.4 Å². The Morgan fingerprint density at radius 1 is 1.10 bits per heavy atom. The zero-order valence-corrected chi connectivity index (χ0v) is 17.1. The van der Waals surface area contributed by atoms with Crippen LogP contribution in [0.4, 0.5) is 0 Å².